The van der Waals surface area contributed by atoms with E-state index in [0.717, 1.165) is 18.4 Å². The molecule has 0 saturated carbocycles. The van der Waals surface area contributed by atoms with Crippen LogP contribution < -0.4 is 25.3 Å². The van der Waals surface area contributed by atoms with E-state index in [1.165, 1.54) is 13.2 Å². The lowest BCUT2D eigenvalue weighted by molar-refractivity contribution is 0.0950. The molecule has 2 aromatic rings. The molecule has 6 nitrogen and oxygen atoms in total. The SMILES string of the molecule is COc1ccc(CCCNC(=O)c2cc(Cl)c(N)cc2OC)cc1OC. The zero-order chi connectivity index (χ0) is 19.1. The Balaban J connectivity index is 1.92. The van der Waals surface area contributed by atoms with E-state index < -0.39 is 0 Å². The topological polar surface area (TPSA) is 82.8 Å². The number of nitrogens with two attached hydrogens (primary N) is 1. The van der Waals surface area contributed by atoms with Gasteiger partial charge in [-0.1, -0.05) is 17.7 Å². The van der Waals surface area contributed by atoms with E-state index in [9.17, 15) is 4.79 Å². The quantitative estimate of drug-likeness (QED) is 0.544. The van der Waals surface area contributed by atoms with Crippen molar-refractivity contribution in [2.75, 3.05) is 33.6 Å². The minimum atomic E-state index is -0.254. The predicted octanol–water partition coefficient (Wildman–Crippen LogP) is 3.31. The Morgan fingerprint density at radius 3 is 2.38 bits per heavy atom. The van der Waals surface area contributed by atoms with E-state index >= 15 is 0 Å². The fraction of sp³-hybridized carbons (Fsp3) is 0.316. The van der Waals surface area contributed by atoms with Crippen molar-refractivity contribution >= 4 is 23.2 Å². The second kappa shape index (κ2) is 9.20. The molecule has 26 heavy (non-hydrogen) atoms. The standard InChI is InChI=1S/C19H23ClN2O4/c1-24-16-7-6-12(9-18(16)26-3)5-4-8-22-19(23)13-10-14(20)15(21)11-17(13)25-2/h6-7,9-11H,4-5,8,21H2,1-3H3,(H,22,23). The average molecular weight is 379 g/mol. The molecule has 0 aliphatic rings. The van der Waals surface area contributed by atoms with Crippen LogP contribution in [0.2, 0.25) is 5.02 Å². The van der Waals surface area contributed by atoms with Gasteiger partial charge in [0.15, 0.2) is 11.5 Å². The summed E-state index contributed by atoms with van der Waals surface area (Å²) >= 11 is 6.00. The number of rotatable bonds is 8. The van der Waals surface area contributed by atoms with Crippen molar-refractivity contribution < 1.29 is 19.0 Å². The summed E-state index contributed by atoms with van der Waals surface area (Å²) in [6.45, 7) is 0.512. The van der Waals surface area contributed by atoms with Gasteiger partial charge in [0, 0.05) is 12.6 Å². The van der Waals surface area contributed by atoms with Crippen molar-refractivity contribution in [2.24, 2.45) is 0 Å². The van der Waals surface area contributed by atoms with Crippen LogP contribution in [0, 0.1) is 0 Å². The molecule has 0 radical (unpaired) electrons. The number of aryl methyl sites for hydroxylation is 1. The first kappa shape index (κ1) is 19.7. The molecule has 140 valence electrons. The third-order valence-corrected chi connectivity index (χ3v) is 4.27. The van der Waals surface area contributed by atoms with E-state index in [2.05, 4.69) is 5.32 Å². The normalized spacial score (nSPS) is 10.3. The lowest BCUT2D eigenvalue weighted by atomic mass is 10.1. The Hall–Kier alpha value is -2.60. The zero-order valence-electron chi connectivity index (χ0n) is 15.1. The van der Waals surface area contributed by atoms with E-state index in [-0.39, 0.29) is 5.91 Å². The molecule has 2 rings (SSSR count). The predicted molar refractivity (Wildman–Crippen MR) is 103 cm³/mol. The Morgan fingerprint density at radius 1 is 1.04 bits per heavy atom. The Morgan fingerprint density at radius 2 is 1.73 bits per heavy atom. The van der Waals surface area contributed by atoms with Gasteiger partial charge in [0.2, 0.25) is 0 Å². The smallest absolute Gasteiger partial charge is 0.255 e. The maximum Gasteiger partial charge on any atom is 0.255 e. The maximum atomic E-state index is 12.4. The highest BCUT2D eigenvalue weighted by Gasteiger charge is 2.14. The van der Waals surface area contributed by atoms with Crippen LogP contribution in [0.25, 0.3) is 0 Å². The van der Waals surface area contributed by atoms with Gasteiger partial charge in [0.1, 0.15) is 5.75 Å². The van der Waals surface area contributed by atoms with Crippen molar-refractivity contribution in [1.29, 1.82) is 0 Å². The van der Waals surface area contributed by atoms with Crippen LogP contribution in [0.3, 0.4) is 0 Å². The molecule has 1 amide bonds. The Labute approximate surface area is 158 Å². The number of benzene rings is 2. The van der Waals surface area contributed by atoms with Crippen molar-refractivity contribution in [3.8, 4) is 17.2 Å². The molecular weight excluding hydrogens is 356 g/mol. The first-order valence-electron chi connectivity index (χ1n) is 8.12. The second-order valence-corrected chi connectivity index (χ2v) is 6.03. The number of carbonyl (C=O) groups excluding carboxylic acids is 1. The second-order valence-electron chi connectivity index (χ2n) is 5.62. The van der Waals surface area contributed by atoms with E-state index in [1.54, 1.807) is 20.3 Å². The highest BCUT2D eigenvalue weighted by atomic mass is 35.5. The van der Waals surface area contributed by atoms with Crippen LogP contribution >= 0.6 is 11.6 Å². The minimum absolute atomic E-state index is 0.254. The number of hydrogen-bond donors (Lipinski definition) is 2. The molecule has 0 unspecified atom stereocenters. The molecule has 0 aliphatic heterocycles. The average Bonchev–Trinajstić information content (AvgIpc) is 2.66. The number of carbonyl (C=O) groups is 1. The minimum Gasteiger partial charge on any atom is -0.496 e. The van der Waals surface area contributed by atoms with Gasteiger partial charge >= 0.3 is 0 Å². The van der Waals surface area contributed by atoms with Crippen LogP contribution in [0.4, 0.5) is 5.69 Å². The number of amides is 1. The first-order valence-corrected chi connectivity index (χ1v) is 8.50. The molecule has 2 aromatic carbocycles. The third-order valence-electron chi connectivity index (χ3n) is 3.94. The van der Waals surface area contributed by atoms with Crippen molar-refractivity contribution in [1.82, 2.24) is 5.32 Å². The summed E-state index contributed by atoms with van der Waals surface area (Å²) in [5.41, 5.74) is 7.56. The molecule has 0 aromatic heterocycles. The van der Waals surface area contributed by atoms with E-state index in [4.69, 9.17) is 31.5 Å². The summed E-state index contributed by atoms with van der Waals surface area (Å²) in [6.07, 6.45) is 1.56. The summed E-state index contributed by atoms with van der Waals surface area (Å²) in [4.78, 5) is 12.4. The van der Waals surface area contributed by atoms with Gasteiger partial charge in [0.25, 0.3) is 5.91 Å². The Bertz CT molecular complexity index is 780. The van der Waals surface area contributed by atoms with E-state index in [0.29, 0.717) is 40.1 Å². The van der Waals surface area contributed by atoms with Gasteiger partial charge in [-0.3, -0.25) is 4.79 Å². The number of nitrogen functional groups attached to an aromatic ring is 1. The van der Waals surface area contributed by atoms with Crippen molar-refractivity contribution in [3.05, 3.63) is 46.5 Å². The van der Waals surface area contributed by atoms with Gasteiger partial charge in [0.05, 0.1) is 37.6 Å². The van der Waals surface area contributed by atoms with Crippen LogP contribution in [-0.4, -0.2) is 33.8 Å². The fourth-order valence-corrected chi connectivity index (χ4v) is 2.70. The summed E-state index contributed by atoms with van der Waals surface area (Å²) in [7, 11) is 4.69. The van der Waals surface area contributed by atoms with Gasteiger partial charge in [-0.25, -0.2) is 0 Å². The number of ether oxygens (including phenoxy) is 3. The van der Waals surface area contributed by atoms with Crippen molar-refractivity contribution in [3.63, 3.8) is 0 Å². The molecule has 0 heterocycles. The molecule has 0 atom stereocenters. The number of anilines is 1. The van der Waals surface area contributed by atoms with Crippen LogP contribution in [0.15, 0.2) is 30.3 Å². The molecule has 0 aliphatic carbocycles. The number of halogens is 1. The fourth-order valence-electron chi connectivity index (χ4n) is 2.54. The molecule has 0 fully saturated rings. The highest BCUT2D eigenvalue weighted by Crippen LogP contribution is 2.29. The van der Waals surface area contributed by atoms with Crippen LogP contribution in [0.1, 0.15) is 22.3 Å². The van der Waals surface area contributed by atoms with Crippen LogP contribution in [0.5, 0.6) is 17.2 Å². The summed E-state index contributed by atoms with van der Waals surface area (Å²) in [5, 5.41) is 3.19. The van der Waals surface area contributed by atoms with Crippen molar-refractivity contribution in [2.45, 2.75) is 12.8 Å². The molecule has 0 saturated heterocycles. The molecule has 3 N–H and O–H groups in total. The monoisotopic (exact) mass is 378 g/mol. The molecule has 0 bridgehead atoms. The largest absolute Gasteiger partial charge is 0.496 e. The summed E-state index contributed by atoms with van der Waals surface area (Å²) in [6, 6.07) is 8.84. The molecule has 7 heteroatoms. The lowest BCUT2D eigenvalue weighted by Gasteiger charge is -2.12. The van der Waals surface area contributed by atoms with Gasteiger partial charge < -0.3 is 25.3 Å². The van der Waals surface area contributed by atoms with Gasteiger partial charge in [-0.05, 0) is 36.6 Å². The molecule has 0 spiro atoms. The Kier molecular flexibility index (Phi) is 6.97. The van der Waals surface area contributed by atoms with Gasteiger partial charge in [-0.2, -0.15) is 0 Å². The van der Waals surface area contributed by atoms with E-state index in [1.807, 2.05) is 18.2 Å². The number of hydrogen-bond acceptors (Lipinski definition) is 5. The maximum absolute atomic E-state index is 12.4. The summed E-state index contributed by atoms with van der Waals surface area (Å²) < 4.78 is 15.7. The van der Waals surface area contributed by atoms with Gasteiger partial charge in [-0.15, -0.1) is 0 Å². The third kappa shape index (κ3) is 4.73. The number of methoxy groups -OCH3 is 3. The lowest BCUT2D eigenvalue weighted by Crippen LogP contribution is -2.25. The highest BCUT2D eigenvalue weighted by molar-refractivity contribution is 6.33. The summed E-state index contributed by atoms with van der Waals surface area (Å²) in [5.74, 6) is 1.52. The van der Waals surface area contributed by atoms with Crippen LogP contribution in [-0.2, 0) is 6.42 Å². The molecular formula is C19H23ClN2O4. The first-order chi connectivity index (χ1) is 12.5. The number of nitrogens with one attached hydrogen (secondary N) is 1. The zero-order valence-corrected chi connectivity index (χ0v) is 15.9.